The van der Waals surface area contributed by atoms with E-state index in [1.807, 2.05) is 55.4 Å². The molecule has 146 valence electrons. The predicted molar refractivity (Wildman–Crippen MR) is 107 cm³/mol. The lowest BCUT2D eigenvalue weighted by atomic mass is 10.1. The van der Waals surface area contributed by atoms with Crippen molar-refractivity contribution >= 4 is 16.9 Å². The minimum Gasteiger partial charge on any atom is -0.451 e. The molecule has 1 atom stereocenters. The summed E-state index contributed by atoms with van der Waals surface area (Å²) in [5.41, 5.74) is 2.80. The molecule has 6 heteroatoms. The van der Waals surface area contributed by atoms with Gasteiger partial charge in [0, 0.05) is 43.0 Å². The van der Waals surface area contributed by atoms with Crippen LogP contribution in [0.5, 0.6) is 0 Å². The molecule has 4 rings (SSSR count). The number of benzene rings is 1. The molecule has 3 heterocycles. The van der Waals surface area contributed by atoms with Crippen LogP contribution in [0.3, 0.4) is 0 Å². The van der Waals surface area contributed by atoms with Gasteiger partial charge in [0.2, 0.25) is 0 Å². The molecule has 1 aromatic carbocycles. The smallest absolute Gasteiger partial charge is 0.290 e. The van der Waals surface area contributed by atoms with Gasteiger partial charge in [-0.1, -0.05) is 18.2 Å². The van der Waals surface area contributed by atoms with Gasteiger partial charge in [0.25, 0.3) is 5.91 Å². The van der Waals surface area contributed by atoms with E-state index in [0.717, 1.165) is 28.5 Å². The first kappa shape index (κ1) is 18.7. The standard InChI is InChI=1S/C22H25N3O3/c1-24(2)14-19-18-5-3-4-6-20(18)28-21(19)22(26)25-12-9-17(13-25)27-15-16-7-10-23-11-8-16/h3-8,10-11,17H,9,12-15H2,1-2H3/t17-/m0/s1. The number of pyridine rings is 1. The largest absolute Gasteiger partial charge is 0.451 e. The predicted octanol–water partition coefficient (Wildman–Crippen LogP) is 3.32. The second-order valence-corrected chi connectivity index (χ2v) is 7.47. The van der Waals surface area contributed by atoms with E-state index >= 15 is 0 Å². The van der Waals surface area contributed by atoms with Crippen molar-refractivity contribution in [1.29, 1.82) is 0 Å². The molecule has 1 saturated heterocycles. The molecule has 0 radical (unpaired) electrons. The Labute approximate surface area is 164 Å². The fourth-order valence-corrected chi connectivity index (χ4v) is 3.63. The summed E-state index contributed by atoms with van der Waals surface area (Å²) in [6.45, 7) is 2.46. The maximum absolute atomic E-state index is 13.2. The summed E-state index contributed by atoms with van der Waals surface area (Å²) < 4.78 is 12.0. The number of carbonyl (C=O) groups excluding carboxylic acids is 1. The summed E-state index contributed by atoms with van der Waals surface area (Å²) >= 11 is 0. The zero-order chi connectivity index (χ0) is 19.5. The molecular formula is C22H25N3O3. The van der Waals surface area contributed by atoms with Gasteiger partial charge in [-0.15, -0.1) is 0 Å². The highest BCUT2D eigenvalue weighted by atomic mass is 16.5. The number of amides is 1. The number of likely N-dealkylation sites (tertiary alicyclic amines) is 1. The minimum atomic E-state index is -0.0527. The van der Waals surface area contributed by atoms with E-state index in [1.165, 1.54) is 0 Å². The number of aromatic nitrogens is 1. The van der Waals surface area contributed by atoms with Crippen molar-refractivity contribution in [3.63, 3.8) is 0 Å². The van der Waals surface area contributed by atoms with Crippen LogP contribution in [0, 0.1) is 0 Å². The second-order valence-electron chi connectivity index (χ2n) is 7.47. The summed E-state index contributed by atoms with van der Waals surface area (Å²) in [6.07, 6.45) is 4.40. The number of ether oxygens (including phenoxy) is 1. The van der Waals surface area contributed by atoms with E-state index in [4.69, 9.17) is 9.15 Å². The molecule has 1 aliphatic rings. The third-order valence-corrected chi connectivity index (χ3v) is 5.03. The van der Waals surface area contributed by atoms with Gasteiger partial charge in [-0.3, -0.25) is 9.78 Å². The summed E-state index contributed by atoms with van der Waals surface area (Å²) in [5, 5.41) is 1.00. The minimum absolute atomic E-state index is 0.0405. The van der Waals surface area contributed by atoms with Crippen molar-refractivity contribution in [3.05, 3.63) is 65.7 Å². The van der Waals surface area contributed by atoms with E-state index in [1.54, 1.807) is 12.4 Å². The summed E-state index contributed by atoms with van der Waals surface area (Å²) in [5.74, 6) is 0.396. The molecule has 2 aromatic heterocycles. The van der Waals surface area contributed by atoms with E-state index in [0.29, 0.717) is 32.0 Å². The molecule has 3 aromatic rings. The molecular weight excluding hydrogens is 354 g/mol. The molecule has 1 amide bonds. The molecule has 0 aliphatic carbocycles. The summed E-state index contributed by atoms with van der Waals surface area (Å²) in [6, 6.07) is 11.7. The van der Waals surface area contributed by atoms with E-state index in [9.17, 15) is 4.79 Å². The Morgan fingerprint density at radius 1 is 1.25 bits per heavy atom. The average molecular weight is 379 g/mol. The third kappa shape index (κ3) is 3.93. The fraction of sp³-hybridized carbons (Fsp3) is 0.364. The third-order valence-electron chi connectivity index (χ3n) is 5.03. The van der Waals surface area contributed by atoms with Crippen LogP contribution in [-0.2, 0) is 17.9 Å². The molecule has 28 heavy (non-hydrogen) atoms. The second kappa shape index (κ2) is 8.12. The van der Waals surface area contributed by atoms with Crippen LogP contribution in [0.25, 0.3) is 11.0 Å². The maximum atomic E-state index is 13.2. The molecule has 1 fully saturated rings. The lowest BCUT2D eigenvalue weighted by Crippen LogP contribution is -2.31. The van der Waals surface area contributed by atoms with Gasteiger partial charge < -0.3 is 19.0 Å². The van der Waals surface area contributed by atoms with Gasteiger partial charge in [0.15, 0.2) is 5.76 Å². The first-order valence-corrected chi connectivity index (χ1v) is 9.56. The van der Waals surface area contributed by atoms with Gasteiger partial charge in [-0.05, 0) is 44.3 Å². The SMILES string of the molecule is CN(C)Cc1c(C(=O)N2CC[C@H](OCc3ccncc3)C2)oc2ccccc12. The van der Waals surface area contributed by atoms with Crippen LogP contribution >= 0.6 is 0 Å². The molecule has 6 nitrogen and oxygen atoms in total. The topological polar surface area (TPSA) is 58.8 Å². The van der Waals surface area contributed by atoms with Gasteiger partial charge in [0.1, 0.15) is 5.58 Å². The number of hydrogen-bond donors (Lipinski definition) is 0. The average Bonchev–Trinajstić information content (AvgIpc) is 3.32. The van der Waals surface area contributed by atoms with Crippen molar-refractivity contribution in [3.8, 4) is 0 Å². The van der Waals surface area contributed by atoms with Gasteiger partial charge >= 0.3 is 0 Å². The highest BCUT2D eigenvalue weighted by Gasteiger charge is 2.31. The Morgan fingerprint density at radius 2 is 2.04 bits per heavy atom. The fourth-order valence-electron chi connectivity index (χ4n) is 3.63. The summed E-state index contributed by atoms with van der Waals surface area (Å²) in [7, 11) is 3.99. The number of furan rings is 1. The molecule has 0 spiro atoms. The van der Waals surface area contributed by atoms with Crippen LogP contribution in [0.15, 0.2) is 53.2 Å². The lowest BCUT2D eigenvalue weighted by Gasteiger charge is -2.17. The van der Waals surface area contributed by atoms with Crippen LogP contribution in [0.2, 0.25) is 0 Å². The zero-order valence-corrected chi connectivity index (χ0v) is 16.3. The van der Waals surface area contributed by atoms with Crippen LogP contribution in [0.1, 0.15) is 28.1 Å². The number of fused-ring (bicyclic) bond motifs is 1. The zero-order valence-electron chi connectivity index (χ0n) is 16.3. The van der Waals surface area contributed by atoms with Crippen molar-refractivity contribution < 1.29 is 13.9 Å². The van der Waals surface area contributed by atoms with Gasteiger partial charge in [0.05, 0.1) is 12.7 Å². The Balaban J connectivity index is 1.47. The highest BCUT2D eigenvalue weighted by Crippen LogP contribution is 2.29. The lowest BCUT2D eigenvalue weighted by molar-refractivity contribution is 0.0430. The van der Waals surface area contributed by atoms with Crippen LogP contribution in [0.4, 0.5) is 0 Å². The Hall–Kier alpha value is -2.70. The van der Waals surface area contributed by atoms with E-state index < -0.39 is 0 Å². The Kier molecular flexibility index (Phi) is 5.41. The molecule has 0 saturated carbocycles. The number of rotatable bonds is 6. The first-order valence-electron chi connectivity index (χ1n) is 9.56. The highest BCUT2D eigenvalue weighted by molar-refractivity contribution is 5.99. The van der Waals surface area contributed by atoms with E-state index in [-0.39, 0.29) is 12.0 Å². The van der Waals surface area contributed by atoms with Crippen molar-refractivity contribution in [2.75, 3.05) is 27.2 Å². The van der Waals surface area contributed by atoms with Crippen LogP contribution < -0.4 is 0 Å². The monoisotopic (exact) mass is 379 g/mol. The number of para-hydroxylation sites is 1. The maximum Gasteiger partial charge on any atom is 0.290 e. The molecule has 0 bridgehead atoms. The van der Waals surface area contributed by atoms with Gasteiger partial charge in [-0.25, -0.2) is 0 Å². The van der Waals surface area contributed by atoms with Crippen LogP contribution in [-0.4, -0.2) is 54.0 Å². The number of carbonyl (C=O) groups is 1. The Morgan fingerprint density at radius 3 is 2.82 bits per heavy atom. The molecule has 0 N–H and O–H groups in total. The Bertz CT molecular complexity index is 952. The normalized spacial score (nSPS) is 17.0. The molecule has 0 unspecified atom stereocenters. The molecule has 1 aliphatic heterocycles. The van der Waals surface area contributed by atoms with Gasteiger partial charge in [-0.2, -0.15) is 0 Å². The summed E-state index contributed by atoms with van der Waals surface area (Å²) in [4.78, 5) is 21.1. The number of nitrogens with zero attached hydrogens (tertiary/aromatic N) is 3. The first-order chi connectivity index (χ1) is 13.6. The van der Waals surface area contributed by atoms with Crippen molar-refractivity contribution in [2.45, 2.75) is 25.7 Å². The quantitative estimate of drug-likeness (QED) is 0.658. The van der Waals surface area contributed by atoms with E-state index in [2.05, 4.69) is 9.88 Å². The number of hydrogen-bond acceptors (Lipinski definition) is 5. The van der Waals surface area contributed by atoms with Crippen molar-refractivity contribution in [1.82, 2.24) is 14.8 Å². The van der Waals surface area contributed by atoms with Crippen molar-refractivity contribution in [2.24, 2.45) is 0 Å².